The molecule has 310 valence electrons. The molecular formula is C34H36N9Na3O11S4. The van der Waals surface area contributed by atoms with E-state index in [0.29, 0.717) is 40.4 Å². The number of hydrogen-bond acceptors (Lipinski definition) is 19. The molecule has 0 aliphatic carbocycles. The SMILES string of the molecule is CC(=O)Nc1cc(N(CCC#N)CCCCS(=O)(=O)[O-])ccc1N=Nc1c(C#N)c(C(C)(C)C)nn1-c1ccc(NCOc2cc(S(=O)(=O)[O-])cc(S(=O)(=O)[O-])c2)s1.[Na+].[Na+].[Na+]. The van der Waals surface area contributed by atoms with Crippen molar-refractivity contribution in [2.45, 2.75) is 62.2 Å². The van der Waals surface area contributed by atoms with Gasteiger partial charge in [-0.2, -0.15) is 15.6 Å². The van der Waals surface area contributed by atoms with E-state index in [9.17, 15) is 54.2 Å². The molecule has 4 aromatic rings. The van der Waals surface area contributed by atoms with E-state index < -0.39 is 57.2 Å². The number of aromatic nitrogens is 2. The van der Waals surface area contributed by atoms with Crippen LogP contribution >= 0.6 is 11.3 Å². The van der Waals surface area contributed by atoms with Gasteiger partial charge in [-0.05, 0) is 61.4 Å². The summed E-state index contributed by atoms with van der Waals surface area (Å²) in [4.78, 5) is 12.1. The normalized spacial score (nSPS) is 11.6. The summed E-state index contributed by atoms with van der Waals surface area (Å²) < 4.78 is 109. The van der Waals surface area contributed by atoms with E-state index in [1.807, 2.05) is 20.8 Å². The molecule has 20 nitrogen and oxygen atoms in total. The van der Waals surface area contributed by atoms with Gasteiger partial charge in [-0.15, -0.1) is 10.2 Å². The fraction of sp³-hybridized carbons (Fsp3) is 0.353. The van der Waals surface area contributed by atoms with Crippen LogP contribution in [0, 0.1) is 22.7 Å². The van der Waals surface area contributed by atoms with Crippen LogP contribution in [0.15, 0.2) is 68.6 Å². The van der Waals surface area contributed by atoms with Crippen molar-refractivity contribution in [2.75, 3.05) is 41.1 Å². The molecule has 2 aromatic heterocycles. The van der Waals surface area contributed by atoms with Gasteiger partial charge in [-0.1, -0.05) is 32.1 Å². The molecule has 0 atom stereocenters. The largest absolute Gasteiger partial charge is 1.00 e. The van der Waals surface area contributed by atoms with Crippen molar-refractivity contribution < 1.29 is 137 Å². The maximum atomic E-state index is 12.2. The zero-order valence-corrected chi connectivity index (χ0v) is 43.6. The van der Waals surface area contributed by atoms with Crippen molar-refractivity contribution >= 4 is 75.5 Å². The molecule has 0 saturated carbocycles. The number of thiophene rings is 1. The van der Waals surface area contributed by atoms with Gasteiger partial charge in [0.15, 0.2) is 12.5 Å². The summed E-state index contributed by atoms with van der Waals surface area (Å²) in [7, 11) is -14.7. The second-order valence-corrected chi connectivity index (χ2v) is 18.8. The van der Waals surface area contributed by atoms with Gasteiger partial charge >= 0.3 is 88.7 Å². The number of nitrogens with zero attached hydrogens (tertiary/aromatic N) is 7. The van der Waals surface area contributed by atoms with E-state index in [4.69, 9.17) is 4.74 Å². The van der Waals surface area contributed by atoms with E-state index in [-0.39, 0.29) is 143 Å². The Kier molecular flexibility index (Phi) is 22.2. The molecule has 27 heteroatoms. The van der Waals surface area contributed by atoms with Crippen molar-refractivity contribution in [3.8, 4) is 22.9 Å². The fourth-order valence-electron chi connectivity index (χ4n) is 5.26. The Morgan fingerprint density at radius 1 is 0.918 bits per heavy atom. The van der Waals surface area contributed by atoms with Crippen LogP contribution in [0.4, 0.5) is 27.9 Å². The van der Waals surface area contributed by atoms with Gasteiger partial charge < -0.3 is 33.9 Å². The molecular weight excluding hydrogens is 908 g/mol. The molecule has 4 rings (SSSR count). The van der Waals surface area contributed by atoms with Crippen molar-refractivity contribution in [1.82, 2.24) is 9.78 Å². The van der Waals surface area contributed by atoms with Crippen LogP contribution in [0.3, 0.4) is 0 Å². The minimum Gasteiger partial charge on any atom is -0.748 e. The Morgan fingerprint density at radius 2 is 1.56 bits per heavy atom. The first-order valence-electron chi connectivity index (χ1n) is 17.0. The molecule has 2 aromatic carbocycles. The van der Waals surface area contributed by atoms with Crippen LogP contribution in [0.1, 0.15) is 58.2 Å². The van der Waals surface area contributed by atoms with Crippen LogP contribution in [-0.2, 0) is 40.6 Å². The number of nitriles is 2. The second-order valence-electron chi connectivity index (χ2n) is 13.4. The summed E-state index contributed by atoms with van der Waals surface area (Å²) in [5.74, 6) is -1.30. The maximum Gasteiger partial charge on any atom is 1.00 e. The average Bonchev–Trinajstić information content (AvgIpc) is 3.74. The summed E-state index contributed by atoms with van der Waals surface area (Å²) in [6.45, 7) is 7.05. The fourth-order valence-corrected chi connectivity index (χ4v) is 7.80. The Labute approximate surface area is 424 Å². The van der Waals surface area contributed by atoms with Crippen LogP contribution in [0.25, 0.3) is 5.00 Å². The molecule has 0 aliphatic rings. The van der Waals surface area contributed by atoms with E-state index in [1.54, 1.807) is 35.2 Å². The molecule has 0 fully saturated rings. The number of hydrogen-bond donors (Lipinski definition) is 2. The zero-order valence-electron chi connectivity index (χ0n) is 34.3. The molecule has 61 heavy (non-hydrogen) atoms. The van der Waals surface area contributed by atoms with Crippen LogP contribution < -0.4 is 109 Å². The Balaban J connectivity index is 0.00000620. The molecule has 1 amide bonds. The molecule has 2 heterocycles. The van der Waals surface area contributed by atoms with E-state index in [1.165, 1.54) is 11.6 Å². The number of benzene rings is 2. The maximum absolute atomic E-state index is 12.2. The van der Waals surface area contributed by atoms with Gasteiger partial charge in [0.25, 0.3) is 0 Å². The number of rotatable bonds is 18. The van der Waals surface area contributed by atoms with Gasteiger partial charge in [0.2, 0.25) is 5.91 Å². The van der Waals surface area contributed by atoms with E-state index >= 15 is 0 Å². The summed E-state index contributed by atoms with van der Waals surface area (Å²) in [5, 5.41) is 39.5. The quantitative estimate of drug-likeness (QED) is 0.0314. The monoisotopic (exact) mass is 943 g/mol. The number of carbonyl (C=O) groups excluding carboxylic acids is 1. The van der Waals surface area contributed by atoms with Crippen molar-refractivity contribution in [3.05, 3.63) is 59.8 Å². The number of azo groups is 1. The first-order valence-corrected chi connectivity index (χ1v) is 22.2. The Hall–Kier alpha value is -2.47. The zero-order chi connectivity index (χ0) is 43.1. The topological polar surface area (TPSA) is 315 Å². The number of anilines is 3. The van der Waals surface area contributed by atoms with Crippen LogP contribution in [0.5, 0.6) is 5.75 Å². The van der Waals surface area contributed by atoms with Gasteiger partial charge in [0.1, 0.15) is 48.3 Å². The van der Waals surface area contributed by atoms with E-state index in [2.05, 4.69) is 38.1 Å². The number of nitrogens with one attached hydrogen (secondary N) is 2. The molecule has 0 radical (unpaired) electrons. The van der Waals surface area contributed by atoms with Crippen LogP contribution in [0.2, 0.25) is 0 Å². The second kappa shape index (κ2) is 24.0. The summed E-state index contributed by atoms with van der Waals surface area (Å²) in [5.41, 5.74) is 0.867. The number of carbonyl (C=O) groups is 1. The number of ether oxygens (including phenoxy) is 1. The molecule has 0 unspecified atom stereocenters. The molecule has 0 bridgehead atoms. The Morgan fingerprint density at radius 3 is 2.10 bits per heavy atom. The van der Waals surface area contributed by atoms with Crippen molar-refractivity contribution in [3.63, 3.8) is 0 Å². The Bertz CT molecular complexity index is 2590. The van der Waals surface area contributed by atoms with E-state index in [0.717, 1.165) is 23.5 Å². The third-order valence-corrected chi connectivity index (χ3v) is 11.3. The average molecular weight is 944 g/mol. The summed E-state index contributed by atoms with van der Waals surface area (Å²) in [6.07, 6.45) is 0.595. The van der Waals surface area contributed by atoms with Crippen LogP contribution in [-0.4, -0.2) is 80.2 Å². The number of amides is 1. The smallest absolute Gasteiger partial charge is 0.748 e. The van der Waals surface area contributed by atoms with Gasteiger partial charge in [0, 0.05) is 36.9 Å². The first-order chi connectivity index (χ1) is 27.0. The standard InChI is InChI=1S/C34H39N9O11S4.3Na/c1-22(44)38-29-16-23(42(14-7-12-35)13-5-6-15-56(45,46)47)8-9-28(29)39-40-33-27(20-36)32(34(2,3)4)41-43(33)31-11-10-30(55-31)37-21-54-24-17-25(57(48,49)50)19-26(18-24)58(51,52)53;;;/h8-11,16-19,37H,5-7,13-15,21H2,1-4H3,(H,38,44)(H,45,46,47)(H,48,49,50)(H,51,52,53);;;/q;3*+1/p-3. The first kappa shape index (κ1) is 56.5. The molecule has 0 spiro atoms. The predicted molar refractivity (Wildman–Crippen MR) is 208 cm³/mol. The van der Waals surface area contributed by atoms with Gasteiger partial charge in [-0.3, -0.25) is 4.79 Å². The van der Waals surface area contributed by atoms with Gasteiger partial charge in [-0.25, -0.2) is 29.9 Å². The third-order valence-electron chi connectivity index (χ3n) is 7.87. The minimum absolute atomic E-state index is 0. The summed E-state index contributed by atoms with van der Waals surface area (Å²) >= 11 is 1.12. The molecule has 0 aliphatic heterocycles. The van der Waals surface area contributed by atoms with Crippen molar-refractivity contribution in [2.24, 2.45) is 10.2 Å². The molecule has 0 saturated heterocycles. The minimum atomic E-state index is -5.13. The predicted octanol–water partition coefficient (Wildman–Crippen LogP) is -4.21. The third kappa shape index (κ3) is 16.9. The van der Waals surface area contributed by atoms with Gasteiger partial charge in [0.05, 0.1) is 48.8 Å². The number of unbranched alkanes of at least 4 members (excludes halogenated alkanes) is 1. The van der Waals surface area contributed by atoms with Crippen molar-refractivity contribution in [1.29, 1.82) is 10.5 Å². The summed E-state index contributed by atoms with van der Waals surface area (Å²) in [6, 6.07) is 14.3. The molecule has 2 N–H and O–H groups in total.